The fourth-order valence-corrected chi connectivity index (χ4v) is 3.39. The van der Waals surface area contributed by atoms with Gasteiger partial charge in [0.15, 0.2) is 11.4 Å². The van der Waals surface area contributed by atoms with Gasteiger partial charge in [0.25, 0.3) is 0 Å². The summed E-state index contributed by atoms with van der Waals surface area (Å²) < 4.78 is 43.8. The van der Waals surface area contributed by atoms with Crippen LogP contribution in [0.1, 0.15) is 31.2 Å². The first-order chi connectivity index (χ1) is 13.3. The van der Waals surface area contributed by atoms with Gasteiger partial charge < -0.3 is 19.9 Å². The number of fused-ring (bicyclic) bond motifs is 1. The van der Waals surface area contributed by atoms with Crippen LogP contribution < -0.4 is 5.32 Å². The van der Waals surface area contributed by atoms with Crippen LogP contribution in [-0.2, 0) is 6.18 Å². The second-order valence-electron chi connectivity index (χ2n) is 6.75. The lowest BCUT2D eigenvalue weighted by molar-refractivity contribution is -0.137. The first kappa shape index (κ1) is 18.5. The molecule has 0 radical (unpaired) electrons. The number of hydrogen-bond acceptors (Lipinski definition) is 7. The highest BCUT2D eigenvalue weighted by atomic mass is 19.4. The van der Waals surface area contributed by atoms with Gasteiger partial charge in [-0.05, 0) is 25.0 Å². The van der Waals surface area contributed by atoms with E-state index in [2.05, 4.69) is 20.5 Å². The summed E-state index contributed by atoms with van der Waals surface area (Å²) >= 11 is 0. The van der Waals surface area contributed by atoms with Crippen LogP contribution in [0.3, 0.4) is 0 Å². The molecular weight excluding hydrogens is 377 g/mol. The van der Waals surface area contributed by atoms with Gasteiger partial charge in [-0.25, -0.2) is 4.98 Å². The molecule has 0 bridgehead atoms. The van der Waals surface area contributed by atoms with E-state index in [1.165, 1.54) is 6.26 Å². The number of furan rings is 1. The van der Waals surface area contributed by atoms with E-state index in [-0.39, 0.29) is 17.4 Å². The minimum atomic E-state index is -4.62. The Morgan fingerprint density at radius 3 is 2.64 bits per heavy atom. The summed E-state index contributed by atoms with van der Waals surface area (Å²) in [6, 6.07) is 1.97. The van der Waals surface area contributed by atoms with Crippen LogP contribution in [0.4, 0.5) is 19.0 Å². The summed E-state index contributed by atoms with van der Waals surface area (Å²) in [5.41, 5.74) is -0.764. The number of hydrogen-bond donors (Lipinski definition) is 3. The molecule has 3 aromatic heterocycles. The molecule has 148 valence electrons. The second kappa shape index (κ2) is 6.93. The maximum Gasteiger partial charge on any atom is 0.418 e. The van der Waals surface area contributed by atoms with Crippen molar-refractivity contribution in [3.63, 3.8) is 0 Å². The Morgan fingerprint density at radius 1 is 1.14 bits per heavy atom. The summed E-state index contributed by atoms with van der Waals surface area (Å²) in [5.74, 6) is -0.337. The number of halogens is 3. The van der Waals surface area contributed by atoms with Gasteiger partial charge in [-0.15, -0.1) is 10.2 Å². The smallest absolute Gasteiger partial charge is 0.418 e. The van der Waals surface area contributed by atoms with Gasteiger partial charge >= 0.3 is 6.18 Å². The fraction of sp³-hybridized carbons (Fsp3) is 0.389. The number of anilines is 1. The van der Waals surface area contributed by atoms with Crippen LogP contribution in [-0.4, -0.2) is 37.5 Å². The largest absolute Gasteiger partial charge is 0.506 e. The van der Waals surface area contributed by atoms with Crippen LogP contribution >= 0.6 is 0 Å². The number of pyridine rings is 1. The van der Waals surface area contributed by atoms with E-state index in [0.717, 1.165) is 19.3 Å². The molecule has 1 aliphatic rings. The summed E-state index contributed by atoms with van der Waals surface area (Å²) in [6.45, 7) is 0. The monoisotopic (exact) mass is 394 g/mol. The number of alkyl halides is 3. The third kappa shape index (κ3) is 3.35. The lowest BCUT2D eigenvalue weighted by atomic mass is 9.92. The van der Waals surface area contributed by atoms with E-state index in [0.29, 0.717) is 35.5 Å². The van der Waals surface area contributed by atoms with Gasteiger partial charge in [0, 0.05) is 6.20 Å². The predicted octanol–water partition coefficient (Wildman–Crippen LogP) is 3.72. The van der Waals surface area contributed by atoms with Crippen molar-refractivity contribution < 1.29 is 27.8 Å². The highest BCUT2D eigenvalue weighted by Crippen LogP contribution is 2.37. The third-order valence-corrected chi connectivity index (χ3v) is 4.86. The molecule has 0 aromatic carbocycles. The maximum atomic E-state index is 12.8. The molecule has 1 aliphatic carbocycles. The Morgan fingerprint density at radius 2 is 1.93 bits per heavy atom. The second-order valence-corrected chi connectivity index (χ2v) is 6.75. The van der Waals surface area contributed by atoms with Gasteiger partial charge in [-0.1, -0.05) is 12.8 Å². The van der Waals surface area contributed by atoms with Crippen molar-refractivity contribution in [1.82, 2.24) is 15.2 Å². The molecule has 0 aliphatic heterocycles. The normalized spacial score (nSPS) is 20.4. The van der Waals surface area contributed by atoms with E-state index in [1.807, 2.05) is 0 Å². The summed E-state index contributed by atoms with van der Waals surface area (Å²) in [4.78, 5) is 3.73. The number of aliphatic hydroxyl groups excluding tert-OH is 1. The zero-order chi connectivity index (χ0) is 19.9. The lowest BCUT2D eigenvalue weighted by Crippen LogP contribution is -2.36. The summed E-state index contributed by atoms with van der Waals surface area (Å²) in [6.07, 6.45) is 0.287. The average molecular weight is 394 g/mol. The molecule has 28 heavy (non-hydrogen) atoms. The van der Waals surface area contributed by atoms with E-state index in [4.69, 9.17) is 4.42 Å². The molecule has 3 N–H and O–H groups in total. The number of nitrogens with one attached hydrogen (secondary N) is 1. The van der Waals surface area contributed by atoms with Gasteiger partial charge in [0.1, 0.15) is 17.1 Å². The molecule has 7 nitrogen and oxygen atoms in total. The van der Waals surface area contributed by atoms with Crippen LogP contribution in [0, 0.1) is 0 Å². The maximum absolute atomic E-state index is 12.8. The standard InChI is InChI=1S/C18H17F3N4O3/c19-18(20,21)9-7-13(27)15(22-8-9)14-10-5-6-28-16(10)17(25-24-14)23-11-3-1-2-4-12(11)26/h5-8,11-12,26-27H,1-4H2,(H,23,25). The molecule has 4 rings (SSSR count). The van der Waals surface area contributed by atoms with E-state index < -0.39 is 23.6 Å². The first-order valence-electron chi connectivity index (χ1n) is 8.79. The van der Waals surface area contributed by atoms with E-state index >= 15 is 0 Å². The van der Waals surface area contributed by atoms with E-state index in [1.54, 1.807) is 6.07 Å². The van der Waals surface area contributed by atoms with Gasteiger partial charge in [0.05, 0.1) is 29.4 Å². The summed E-state index contributed by atoms with van der Waals surface area (Å²) in [5, 5.41) is 31.9. The molecular formula is C18H17F3N4O3. The predicted molar refractivity (Wildman–Crippen MR) is 93.6 cm³/mol. The van der Waals surface area contributed by atoms with Crippen molar-refractivity contribution in [3.05, 3.63) is 30.2 Å². The lowest BCUT2D eigenvalue weighted by Gasteiger charge is -2.28. The van der Waals surface area contributed by atoms with Gasteiger partial charge in [-0.3, -0.25) is 0 Å². The van der Waals surface area contributed by atoms with Crippen LogP contribution in [0.2, 0.25) is 0 Å². The molecule has 1 fully saturated rings. The van der Waals surface area contributed by atoms with Gasteiger partial charge in [0.2, 0.25) is 0 Å². The van der Waals surface area contributed by atoms with Crippen molar-refractivity contribution in [2.75, 3.05) is 5.32 Å². The molecule has 3 aromatic rings. The molecule has 10 heteroatoms. The van der Waals surface area contributed by atoms with Crippen LogP contribution in [0.25, 0.3) is 22.4 Å². The SMILES string of the molecule is Oc1cc(C(F)(F)F)cnc1-c1nnc(NC2CCCCC2O)c2occc12. The van der Waals surface area contributed by atoms with Crippen LogP contribution in [0.5, 0.6) is 5.75 Å². The molecule has 2 atom stereocenters. The fourth-order valence-electron chi connectivity index (χ4n) is 3.39. The average Bonchev–Trinajstić information content (AvgIpc) is 3.13. The Kier molecular flexibility index (Phi) is 4.58. The van der Waals surface area contributed by atoms with Crippen molar-refractivity contribution in [1.29, 1.82) is 0 Å². The Bertz CT molecular complexity index is 1010. The first-order valence-corrected chi connectivity index (χ1v) is 8.79. The number of aromatic hydroxyl groups is 1. The minimum Gasteiger partial charge on any atom is -0.506 e. The number of aliphatic hydroxyl groups is 1. The molecule has 0 spiro atoms. The zero-order valence-corrected chi connectivity index (χ0v) is 14.6. The number of nitrogens with zero attached hydrogens (tertiary/aromatic N) is 3. The van der Waals surface area contributed by atoms with E-state index in [9.17, 15) is 23.4 Å². The molecule has 3 heterocycles. The summed E-state index contributed by atoms with van der Waals surface area (Å²) in [7, 11) is 0. The van der Waals surface area contributed by atoms with Crippen molar-refractivity contribution in [3.8, 4) is 17.1 Å². The molecule has 1 saturated carbocycles. The Labute approximate surface area is 157 Å². The molecule has 0 amide bonds. The molecule has 2 unspecified atom stereocenters. The number of aromatic nitrogens is 3. The Hall–Kier alpha value is -2.88. The van der Waals surface area contributed by atoms with Crippen molar-refractivity contribution in [2.24, 2.45) is 0 Å². The van der Waals surface area contributed by atoms with Crippen molar-refractivity contribution >= 4 is 16.8 Å². The minimum absolute atomic E-state index is 0.102. The third-order valence-electron chi connectivity index (χ3n) is 4.86. The molecule has 0 saturated heterocycles. The zero-order valence-electron chi connectivity index (χ0n) is 14.6. The highest BCUT2D eigenvalue weighted by molar-refractivity contribution is 5.96. The van der Waals surface area contributed by atoms with Crippen molar-refractivity contribution in [2.45, 2.75) is 44.0 Å². The van der Waals surface area contributed by atoms with Crippen LogP contribution in [0.15, 0.2) is 29.0 Å². The highest BCUT2D eigenvalue weighted by Gasteiger charge is 2.32. The number of rotatable bonds is 3. The Balaban J connectivity index is 1.71. The van der Waals surface area contributed by atoms with Gasteiger partial charge in [-0.2, -0.15) is 13.2 Å². The quantitative estimate of drug-likeness (QED) is 0.622. The topological polar surface area (TPSA) is 104 Å².